The molecule has 2 unspecified atom stereocenters. The first-order valence-corrected chi connectivity index (χ1v) is 6.74. The molecule has 1 heterocycles. The molecule has 1 aliphatic heterocycles. The zero-order valence-corrected chi connectivity index (χ0v) is 10.9. The van der Waals surface area contributed by atoms with Gasteiger partial charge >= 0.3 is 0 Å². The van der Waals surface area contributed by atoms with E-state index in [1.807, 2.05) is 0 Å². The third kappa shape index (κ3) is 2.63. The Bertz CT molecular complexity index is 375. The van der Waals surface area contributed by atoms with E-state index in [4.69, 9.17) is 10.5 Å². The van der Waals surface area contributed by atoms with Crippen LogP contribution < -0.4 is 10.5 Å². The fraction of sp³-hybridized carbons (Fsp3) is 0.600. The summed E-state index contributed by atoms with van der Waals surface area (Å²) in [4.78, 5) is 0. The number of hydrogen-bond donors (Lipinski definition) is 1. The van der Waals surface area contributed by atoms with Crippen molar-refractivity contribution in [2.24, 2.45) is 11.7 Å². The van der Waals surface area contributed by atoms with Gasteiger partial charge in [0.15, 0.2) is 0 Å². The quantitative estimate of drug-likeness (QED) is 0.864. The van der Waals surface area contributed by atoms with Gasteiger partial charge in [-0.05, 0) is 30.7 Å². The largest absolute Gasteiger partial charge is 0.493 e. The Balaban J connectivity index is 2.25. The third-order valence-electron chi connectivity index (χ3n) is 3.68. The highest BCUT2D eigenvalue weighted by molar-refractivity contribution is 5.44. The van der Waals surface area contributed by atoms with Crippen molar-refractivity contribution in [2.75, 3.05) is 6.61 Å². The van der Waals surface area contributed by atoms with Crippen LogP contribution >= 0.6 is 0 Å². The van der Waals surface area contributed by atoms with E-state index in [2.05, 4.69) is 32.0 Å². The Morgan fingerprint density at radius 2 is 2.24 bits per heavy atom. The minimum atomic E-state index is 0.100. The van der Waals surface area contributed by atoms with Gasteiger partial charge in [0.2, 0.25) is 0 Å². The second-order valence-electron chi connectivity index (χ2n) is 5.08. The van der Waals surface area contributed by atoms with Gasteiger partial charge in [-0.3, -0.25) is 0 Å². The van der Waals surface area contributed by atoms with E-state index >= 15 is 0 Å². The molecular weight excluding hydrogens is 210 g/mol. The van der Waals surface area contributed by atoms with Crippen LogP contribution in [0.3, 0.4) is 0 Å². The first-order chi connectivity index (χ1) is 8.24. The average molecular weight is 233 g/mol. The molecule has 1 aromatic rings. The number of rotatable bonds is 4. The summed E-state index contributed by atoms with van der Waals surface area (Å²) in [6.07, 6.45) is 4.60. The van der Waals surface area contributed by atoms with Gasteiger partial charge in [-0.25, -0.2) is 0 Å². The third-order valence-corrected chi connectivity index (χ3v) is 3.68. The van der Waals surface area contributed by atoms with Crippen LogP contribution in [0, 0.1) is 5.92 Å². The van der Waals surface area contributed by atoms with E-state index in [0.717, 1.165) is 25.2 Å². The molecule has 0 bridgehead atoms. The molecule has 2 nitrogen and oxygen atoms in total. The lowest BCUT2D eigenvalue weighted by molar-refractivity contribution is 0.279. The summed E-state index contributed by atoms with van der Waals surface area (Å²) in [5, 5.41) is 0. The van der Waals surface area contributed by atoms with Crippen LogP contribution in [0.25, 0.3) is 0 Å². The molecule has 0 saturated carbocycles. The Morgan fingerprint density at radius 3 is 3.00 bits per heavy atom. The number of para-hydroxylation sites is 1. The number of fused-ring (bicyclic) bond motifs is 1. The van der Waals surface area contributed by atoms with Gasteiger partial charge in [-0.1, -0.05) is 38.5 Å². The molecule has 0 aromatic heterocycles. The zero-order valence-electron chi connectivity index (χ0n) is 10.9. The fourth-order valence-electron chi connectivity index (χ4n) is 2.62. The first kappa shape index (κ1) is 12.4. The maximum Gasteiger partial charge on any atom is 0.127 e. The van der Waals surface area contributed by atoms with Crippen LogP contribution in [0.2, 0.25) is 0 Å². The molecule has 2 atom stereocenters. The van der Waals surface area contributed by atoms with Crippen LogP contribution in [-0.2, 0) is 6.42 Å². The zero-order chi connectivity index (χ0) is 12.3. The van der Waals surface area contributed by atoms with Crippen molar-refractivity contribution in [3.8, 4) is 5.75 Å². The summed E-state index contributed by atoms with van der Waals surface area (Å²) in [5.41, 5.74) is 8.89. The van der Waals surface area contributed by atoms with Gasteiger partial charge in [0.25, 0.3) is 0 Å². The summed E-state index contributed by atoms with van der Waals surface area (Å²) in [6, 6.07) is 6.50. The Kier molecular flexibility index (Phi) is 4.06. The smallest absolute Gasteiger partial charge is 0.127 e. The molecule has 0 saturated heterocycles. The van der Waals surface area contributed by atoms with Crippen LogP contribution in [0.15, 0.2) is 18.2 Å². The SMILES string of the molecule is CCCC(C)C(N)c1cccc2c1OCCC2. The Morgan fingerprint density at radius 1 is 1.41 bits per heavy atom. The highest BCUT2D eigenvalue weighted by Crippen LogP contribution is 2.35. The molecule has 0 aliphatic carbocycles. The van der Waals surface area contributed by atoms with Gasteiger partial charge < -0.3 is 10.5 Å². The van der Waals surface area contributed by atoms with Gasteiger partial charge in [-0.15, -0.1) is 0 Å². The van der Waals surface area contributed by atoms with Crippen molar-refractivity contribution < 1.29 is 4.74 Å². The highest BCUT2D eigenvalue weighted by Gasteiger charge is 2.21. The summed E-state index contributed by atoms with van der Waals surface area (Å²) in [7, 11) is 0. The summed E-state index contributed by atoms with van der Waals surface area (Å²) >= 11 is 0. The molecule has 2 rings (SSSR count). The molecule has 94 valence electrons. The normalized spacial score (nSPS) is 18.1. The van der Waals surface area contributed by atoms with E-state index < -0.39 is 0 Å². The fourth-order valence-corrected chi connectivity index (χ4v) is 2.62. The van der Waals surface area contributed by atoms with Crippen molar-refractivity contribution in [3.63, 3.8) is 0 Å². The summed E-state index contributed by atoms with van der Waals surface area (Å²) < 4.78 is 5.82. The Hall–Kier alpha value is -1.02. The van der Waals surface area contributed by atoms with Crippen molar-refractivity contribution in [1.29, 1.82) is 0 Å². The lowest BCUT2D eigenvalue weighted by atomic mass is 9.89. The number of ether oxygens (including phenoxy) is 1. The predicted octanol–water partition coefficient (Wildman–Crippen LogP) is 3.45. The van der Waals surface area contributed by atoms with E-state index in [1.54, 1.807) is 0 Å². The summed E-state index contributed by atoms with van der Waals surface area (Å²) in [6.45, 7) is 5.27. The van der Waals surface area contributed by atoms with Crippen molar-refractivity contribution in [1.82, 2.24) is 0 Å². The number of aryl methyl sites for hydroxylation is 1. The Labute approximate surface area is 104 Å². The van der Waals surface area contributed by atoms with E-state index in [-0.39, 0.29) is 6.04 Å². The number of nitrogens with two attached hydrogens (primary N) is 1. The minimum Gasteiger partial charge on any atom is -0.493 e. The van der Waals surface area contributed by atoms with E-state index in [9.17, 15) is 0 Å². The molecule has 17 heavy (non-hydrogen) atoms. The molecule has 2 heteroatoms. The maximum atomic E-state index is 6.37. The van der Waals surface area contributed by atoms with Crippen LogP contribution in [-0.4, -0.2) is 6.61 Å². The topological polar surface area (TPSA) is 35.2 Å². The molecule has 0 spiro atoms. The summed E-state index contributed by atoms with van der Waals surface area (Å²) in [5.74, 6) is 1.58. The maximum absolute atomic E-state index is 6.37. The van der Waals surface area contributed by atoms with Crippen LogP contribution in [0.4, 0.5) is 0 Å². The number of hydrogen-bond acceptors (Lipinski definition) is 2. The van der Waals surface area contributed by atoms with Crippen molar-refractivity contribution >= 4 is 0 Å². The van der Waals surface area contributed by atoms with Crippen LogP contribution in [0.5, 0.6) is 5.75 Å². The molecule has 1 aliphatic rings. The second kappa shape index (κ2) is 5.54. The van der Waals surface area contributed by atoms with E-state index in [1.165, 1.54) is 24.0 Å². The van der Waals surface area contributed by atoms with E-state index in [0.29, 0.717) is 5.92 Å². The molecular formula is C15H23NO. The highest BCUT2D eigenvalue weighted by atomic mass is 16.5. The van der Waals surface area contributed by atoms with Gasteiger partial charge in [-0.2, -0.15) is 0 Å². The monoisotopic (exact) mass is 233 g/mol. The number of benzene rings is 1. The lowest BCUT2D eigenvalue weighted by Crippen LogP contribution is -2.21. The van der Waals surface area contributed by atoms with Gasteiger partial charge in [0.1, 0.15) is 5.75 Å². The molecule has 2 N–H and O–H groups in total. The average Bonchev–Trinajstić information content (AvgIpc) is 2.37. The van der Waals surface area contributed by atoms with Crippen molar-refractivity contribution in [2.45, 2.75) is 45.6 Å². The molecule has 0 amide bonds. The molecule has 0 fully saturated rings. The van der Waals surface area contributed by atoms with Crippen molar-refractivity contribution in [3.05, 3.63) is 29.3 Å². The molecule has 0 radical (unpaired) electrons. The first-order valence-electron chi connectivity index (χ1n) is 6.74. The minimum absolute atomic E-state index is 0.100. The lowest BCUT2D eigenvalue weighted by Gasteiger charge is -2.26. The molecule has 1 aromatic carbocycles. The van der Waals surface area contributed by atoms with Gasteiger partial charge in [0, 0.05) is 11.6 Å². The van der Waals surface area contributed by atoms with Crippen LogP contribution in [0.1, 0.15) is 50.3 Å². The standard InChI is InChI=1S/C15H23NO/c1-3-6-11(2)14(16)13-9-4-7-12-8-5-10-17-15(12)13/h4,7,9,11,14H,3,5-6,8,10,16H2,1-2H3. The predicted molar refractivity (Wildman–Crippen MR) is 71.3 cm³/mol. The van der Waals surface area contributed by atoms with Gasteiger partial charge in [0.05, 0.1) is 6.61 Å². The second-order valence-corrected chi connectivity index (χ2v) is 5.08.